The average Bonchev–Trinajstić information content (AvgIpc) is 2.65. The molecule has 0 aromatic carbocycles. The zero-order valence-corrected chi connectivity index (χ0v) is 10.9. The monoisotopic (exact) mass is 248 g/mol. The largest absolute Gasteiger partial charge is 0.377 e. The lowest BCUT2D eigenvalue weighted by atomic mass is 10.5. The van der Waals surface area contributed by atoms with Crippen LogP contribution in [0.4, 0.5) is 5.13 Å². The lowest BCUT2D eigenvalue weighted by molar-refractivity contribution is 0.0846. The maximum atomic E-state index is 5.69. The Morgan fingerprint density at radius 1 is 1.60 bits per heavy atom. The summed E-state index contributed by atoms with van der Waals surface area (Å²) in [4.78, 5) is 6.47. The van der Waals surface area contributed by atoms with Crippen molar-refractivity contribution in [3.05, 3.63) is 11.1 Å². The van der Waals surface area contributed by atoms with Gasteiger partial charge in [-0.25, -0.2) is 4.98 Å². The molecule has 0 saturated heterocycles. The molecule has 0 spiro atoms. The number of likely N-dealkylation sites (N-methyl/N-ethyl adjacent to an activating group) is 1. The molecule has 1 aromatic heterocycles. The van der Waals surface area contributed by atoms with Gasteiger partial charge in [-0.15, -0.1) is 22.9 Å². The molecule has 0 saturated carbocycles. The Bertz CT molecular complexity index is 291. The highest BCUT2D eigenvalue weighted by Crippen LogP contribution is 2.19. The highest BCUT2D eigenvalue weighted by Gasteiger charge is 2.06. The van der Waals surface area contributed by atoms with Gasteiger partial charge < -0.3 is 9.64 Å². The molecule has 15 heavy (non-hydrogen) atoms. The van der Waals surface area contributed by atoms with E-state index in [1.54, 1.807) is 11.3 Å². The van der Waals surface area contributed by atoms with Crippen molar-refractivity contribution in [2.75, 3.05) is 25.1 Å². The van der Waals surface area contributed by atoms with E-state index in [2.05, 4.69) is 9.88 Å². The third-order valence-electron chi connectivity index (χ3n) is 1.88. The molecule has 1 aromatic rings. The van der Waals surface area contributed by atoms with E-state index in [4.69, 9.17) is 16.3 Å². The average molecular weight is 249 g/mol. The Labute approximate surface area is 100 Å². The van der Waals surface area contributed by atoms with Crippen molar-refractivity contribution in [2.24, 2.45) is 0 Å². The number of rotatable bonds is 6. The standard InChI is InChI=1S/C10H17ClN2OS/c1-8(2)14-5-4-13(3)10-12-9(6-11)7-15-10/h7-8H,4-6H2,1-3H3. The zero-order chi connectivity index (χ0) is 11.3. The molecule has 86 valence electrons. The van der Waals surface area contributed by atoms with Gasteiger partial charge in [0.15, 0.2) is 5.13 Å². The molecule has 0 aliphatic carbocycles. The quantitative estimate of drug-likeness (QED) is 0.724. The van der Waals surface area contributed by atoms with Gasteiger partial charge >= 0.3 is 0 Å². The third kappa shape index (κ3) is 4.36. The Morgan fingerprint density at radius 2 is 2.33 bits per heavy atom. The van der Waals surface area contributed by atoms with E-state index in [-0.39, 0.29) is 6.10 Å². The number of anilines is 1. The van der Waals surface area contributed by atoms with E-state index in [9.17, 15) is 0 Å². The van der Waals surface area contributed by atoms with Crippen molar-refractivity contribution >= 4 is 28.1 Å². The molecule has 0 fully saturated rings. The summed E-state index contributed by atoms with van der Waals surface area (Å²) in [6.07, 6.45) is 0.285. The topological polar surface area (TPSA) is 25.4 Å². The predicted molar refractivity (Wildman–Crippen MR) is 66.0 cm³/mol. The molecule has 0 radical (unpaired) electrons. The van der Waals surface area contributed by atoms with Gasteiger partial charge in [0, 0.05) is 19.0 Å². The Balaban J connectivity index is 2.36. The number of thiazole rings is 1. The summed E-state index contributed by atoms with van der Waals surface area (Å²) in [6.45, 7) is 5.65. The normalized spacial score (nSPS) is 11.0. The van der Waals surface area contributed by atoms with Crippen LogP contribution in [0, 0.1) is 0 Å². The van der Waals surface area contributed by atoms with Crippen LogP contribution in [-0.4, -0.2) is 31.3 Å². The molecule has 0 atom stereocenters. The van der Waals surface area contributed by atoms with Gasteiger partial charge in [0.25, 0.3) is 0 Å². The molecule has 0 unspecified atom stereocenters. The number of ether oxygens (including phenoxy) is 1. The van der Waals surface area contributed by atoms with E-state index in [1.165, 1.54) is 0 Å². The fraction of sp³-hybridized carbons (Fsp3) is 0.700. The minimum Gasteiger partial charge on any atom is -0.377 e. The number of hydrogen-bond acceptors (Lipinski definition) is 4. The van der Waals surface area contributed by atoms with Crippen molar-refractivity contribution in [3.8, 4) is 0 Å². The summed E-state index contributed by atoms with van der Waals surface area (Å²) in [7, 11) is 2.01. The molecule has 1 rings (SSSR count). The zero-order valence-electron chi connectivity index (χ0n) is 9.36. The highest BCUT2D eigenvalue weighted by molar-refractivity contribution is 7.13. The summed E-state index contributed by atoms with van der Waals surface area (Å²) in [5.41, 5.74) is 0.938. The summed E-state index contributed by atoms with van der Waals surface area (Å²) < 4.78 is 5.48. The number of halogens is 1. The molecule has 5 heteroatoms. The fourth-order valence-electron chi connectivity index (χ4n) is 1.05. The summed E-state index contributed by atoms with van der Waals surface area (Å²) in [5, 5.41) is 2.99. The lowest BCUT2D eigenvalue weighted by Crippen LogP contribution is -2.23. The maximum Gasteiger partial charge on any atom is 0.185 e. The van der Waals surface area contributed by atoms with E-state index < -0.39 is 0 Å². The minimum atomic E-state index is 0.285. The molecular formula is C10H17ClN2OS. The highest BCUT2D eigenvalue weighted by atomic mass is 35.5. The van der Waals surface area contributed by atoms with Crippen LogP contribution in [0.3, 0.4) is 0 Å². The Kier molecular flexibility index (Phi) is 5.36. The van der Waals surface area contributed by atoms with Gasteiger partial charge in [-0.2, -0.15) is 0 Å². The first kappa shape index (κ1) is 12.7. The van der Waals surface area contributed by atoms with Crippen LogP contribution in [0.15, 0.2) is 5.38 Å². The minimum absolute atomic E-state index is 0.285. The maximum absolute atomic E-state index is 5.69. The first-order valence-corrected chi connectivity index (χ1v) is 6.38. The molecule has 0 amide bonds. The van der Waals surface area contributed by atoms with E-state index in [1.807, 2.05) is 26.3 Å². The molecule has 1 heterocycles. The van der Waals surface area contributed by atoms with Gasteiger partial charge in [0.1, 0.15) is 0 Å². The second-order valence-electron chi connectivity index (χ2n) is 3.60. The van der Waals surface area contributed by atoms with Crippen molar-refractivity contribution < 1.29 is 4.74 Å². The van der Waals surface area contributed by atoms with Gasteiger partial charge in [-0.05, 0) is 13.8 Å². The van der Waals surface area contributed by atoms with E-state index >= 15 is 0 Å². The van der Waals surface area contributed by atoms with E-state index in [0.717, 1.165) is 24.0 Å². The van der Waals surface area contributed by atoms with Crippen molar-refractivity contribution in [3.63, 3.8) is 0 Å². The van der Waals surface area contributed by atoms with Crippen LogP contribution in [0.2, 0.25) is 0 Å². The first-order chi connectivity index (χ1) is 7.13. The molecule has 3 nitrogen and oxygen atoms in total. The van der Waals surface area contributed by atoms with Crippen molar-refractivity contribution in [1.29, 1.82) is 0 Å². The smallest absolute Gasteiger partial charge is 0.185 e. The lowest BCUT2D eigenvalue weighted by Gasteiger charge is -2.16. The van der Waals surface area contributed by atoms with Gasteiger partial charge in [-0.3, -0.25) is 0 Å². The molecule has 0 aliphatic heterocycles. The van der Waals surface area contributed by atoms with Crippen LogP contribution in [0.1, 0.15) is 19.5 Å². The second kappa shape index (κ2) is 6.30. The van der Waals surface area contributed by atoms with Crippen molar-refractivity contribution in [1.82, 2.24) is 4.98 Å². The van der Waals surface area contributed by atoms with Crippen molar-refractivity contribution in [2.45, 2.75) is 25.8 Å². The number of alkyl halides is 1. The van der Waals surface area contributed by atoms with Gasteiger partial charge in [0.2, 0.25) is 0 Å². The summed E-state index contributed by atoms with van der Waals surface area (Å²) in [6, 6.07) is 0. The van der Waals surface area contributed by atoms with Gasteiger partial charge in [0.05, 0.1) is 24.3 Å². The summed E-state index contributed by atoms with van der Waals surface area (Å²) in [5.74, 6) is 0.479. The number of nitrogens with zero attached hydrogens (tertiary/aromatic N) is 2. The first-order valence-electron chi connectivity index (χ1n) is 4.96. The molecule has 0 aliphatic rings. The SMILES string of the molecule is CC(C)OCCN(C)c1nc(CCl)cs1. The molecule has 0 bridgehead atoms. The predicted octanol–water partition coefficient (Wildman–Crippen LogP) is 2.74. The Morgan fingerprint density at radius 3 is 2.87 bits per heavy atom. The second-order valence-corrected chi connectivity index (χ2v) is 4.70. The van der Waals surface area contributed by atoms with E-state index in [0.29, 0.717) is 5.88 Å². The Hall–Kier alpha value is -0.320. The molecular weight excluding hydrogens is 232 g/mol. The van der Waals surface area contributed by atoms with Crippen LogP contribution < -0.4 is 4.90 Å². The third-order valence-corrected chi connectivity index (χ3v) is 3.16. The summed E-state index contributed by atoms with van der Waals surface area (Å²) >= 11 is 7.31. The fourth-order valence-corrected chi connectivity index (χ4v) is 2.10. The number of aromatic nitrogens is 1. The molecule has 0 N–H and O–H groups in total. The van der Waals surface area contributed by atoms with Crippen LogP contribution in [-0.2, 0) is 10.6 Å². The van der Waals surface area contributed by atoms with Crippen LogP contribution >= 0.6 is 22.9 Å². The van der Waals surface area contributed by atoms with Crippen LogP contribution in [0.5, 0.6) is 0 Å². The van der Waals surface area contributed by atoms with Gasteiger partial charge in [-0.1, -0.05) is 0 Å². The number of hydrogen-bond donors (Lipinski definition) is 0. The van der Waals surface area contributed by atoms with Crippen LogP contribution in [0.25, 0.3) is 0 Å².